The molecule has 0 bridgehead atoms. The lowest BCUT2D eigenvalue weighted by atomic mass is 9.97. The second-order valence-electron chi connectivity index (χ2n) is 7.68. The summed E-state index contributed by atoms with van der Waals surface area (Å²) in [4.78, 5) is 6.83. The molecule has 1 saturated heterocycles. The summed E-state index contributed by atoms with van der Waals surface area (Å²) in [5.74, 6) is 1.31. The molecule has 1 heterocycles. The minimum Gasteiger partial charge on any atom is -0.332 e. The van der Waals surface area contributed by atoms with Gasteiger partial charge in [-0.3, -0.25) is 4.90 Å². The van der Waals surface area contributed by atoms with Crippen LogP contribution in [0.5, 0.6) is 0 Å². The Morgan fingerprint density at radius 2 is 2.13 bits per heavy atom. The number of anilines is 1. The van der Waals surface area contributed by atoms with E-state index in [4.69, 9.17) is 17.2 Å². The number of rotatable bonds is 3. The van der Waals surface area contributed by atoms with Gasteiger partial charge in [-0.25, -0.2) is 4.99 Å². The first-order valence-corrected chi connectivity index (χ1v) is 12.1. The summed E-state index contributed by atoms with van der Waals surface area (Å²) >= 11 is 7.16. The number of thioether (sulfide) groups is 1. The molecule has 1 fully saturated rings. The van der Waals surface area contributed by atoms with E-state index in [-0.39, 0.29) is 0 Å². The van der Waals surface area contributed by atoms with Crippen LogP contribution in [0.4, 0.5) is 18.9 Å². The van der Waals surface area contributed by atoms with Gasteiger partial charge in [0.15, 0.2) is 10.3 Å². The molecule has 1 unspecified atom stereocenters. The molecule has 1 N–H and O–H groups in total. The standard InChI is InChI=1S/C23H28F3N3S2/c1-2-17-9-6-4-3-5-7-11-19(15-17)28-22-29(13-14-31-22)21(30)27-20-12-8-10-18(16-20)23(24,25)26/h4,6,8,10,12,15-17H,2-3,5,7,9,11,13-14H2,1H3,(H,27,30)/b6-4-,19-15+,28-22?. The van der Waals surface area contributed by atoms with E-state index in [1.54, 1.807) is 17.8 Å². The highest BCUT2D eigenvalue weighted by molar-refractivity contribution is 8.14. The first kappa shape index (κ1) is 23.9. The molecule has 3 rings (SSSR count). The molecule has 3 nitrogen and oxygen atoms in total. The Morgan fingerprint density at radius 1 is 1.29 bits per heavy atom. The van der Waals surface area contributed by atoms with Gasteiger partial charge in [0.05, 0.1) is 5.56 Å². The number of thiocarbonyl (C=S) groups is 1. The summed E-state index contributed by atoms with van der Waals surface area (Å²) in [6, 6.07) is 5.10. The second kappa shape index (κ2) is 11.2. The van der Waals surface area contributed by atoms with Crippen molar-refractivity contribution in [3.63, 3.8) is 0 Å². The van der Waals surface area contributed by atoms with Crippen molar-refractivity contribution in [1.82, 2.24) is 4.90 Å². The fourth-order valence-electron chi connectivity index (χ4n) is 3.53. The third kappa shape index (κ3) is 7.10. The van der Waals surface area contributed by atoms with E-state index in [0.29, 0.717) is 23.3 Å². The molecule has 1 aliphatic heterocycles. The number of hydrogen-bond acceptors (Lipinski definition) is 3. The zero-order valence-corrected chi connectivity index (χ0v) is 19.3. The molecule has 8 heteroatoms. The van der Waals surface area contributed by atoms with Gasteiger partial charge in [-0.2, -0.15) is 13.2 Å². The highest BCUT2D eigenvalue weighted by atomic mass is 32.2. The third-order valence-electron chi connectivity index (χ3n) is 5.31. The molecule has 2 aliphatic rings. The Balaban J connectivity index is 1.76. The molecule has 31 heavy (non-hydrogen) atoms. The molecule has 168 valence electrons. The lowest BCUT2D eigenvalue weighted by molar-refractivity contribution is -0.137. The van der Waals surface area contributed by atoms with Gasteiger partial charge in [0.1, 0.15) is 0 Å². The van der Waals surface area contributed by atoms with E-state index in [0.717, 1.165) is 67.3 Å². The zero-order valence-electron chi connectivity index (χ0n) is 17.6. The van der Waals surface area contributed by atoms with Gasteiger partial charge in [-0.05, 0) is 74.9 Å². The maximum atomic E-state index is 13.0. The predicted molar refractivity (Wildman–Crippen MR) is 128 cm³/mol. The minimum atomic E-state index is -4.39. The molecule has 0 amide bonds. The third-order valence-corrected chi connectivity index (χ3v) is 6.59. The quantitative estimate of drug-likeness (QED) is 0.375. The van der Waals surface area contributed by atoms with Gasteiger partial charge in [0, 0.05) is 23.7 Å². The van der Waals surface area contributed by atoms with E-state index in [1.165, 1.54) is 6.07 Å². The number of halogens is 3. The summed E-state index contributed by atoms with van der Waals surface area (Å²) in [6.07, 6.45) is 8.78. The maximum absolute atomic E-state index is 13.0. The van der Waals surface area contributed by atoms with Gasteiger partial charge in [0.25, 0.3) is 0 Å². The molecular weight excluding hydrogens is 439 g/mol. The number of benzene rings is 1. The van der Waals surface area contributed by atoms with E-state index < -0.39 is 11.7 Å². The normalized spacial score (nSPS) is 24.5. The van der Waals surface area contributed by atoms with Crippen molar-refractivity contribution in [3.05, 3.63) is 53.8 Å². The number of aliphatic imine (C=N–C) groups is 1. The lowest BCUT2D eigenvalue weighted by Gasteiger charge is -2.21. The van der Waals surface area contributed by atoms with Crippen LogP contribution in [-0.2, 0) is 6.18 Å². The van der Waals surface area contributed by atoms with Crippen LogP contribution in [0.3, 0.4) is 0 Å². The zero-order chi connectivity index (χ0) is 22.3. The van der Waals surface area contributed by atoms with Gasteiger partial charge in [0.2, 0.25) is 0 Å². The molecule has 1 aliphatic carbocycles. The van der Waals surface area contributed by atoms with E-state index in [2.05, 4.69) is 30.5 Å². The van der Waals surface area contributed by atoms with E-state index in [1.807, 2.05) is 4.90 Å². The van der Waals surface area contributed by atoms with Gasteiger partial charge < -0.3 is 5.32 Å². The second-order valence-corrected chi connectivity index (χ2v) is 9.13. The van der Waals surface area contributed by atoms with Crippen LogP contribution < -0.4 is 5.32 Å². The summed E-state index contributed by atoms with van der Waals surface area (Å²) in [7, 11) is 0. The minimum absolute atomic E-state index is 0.326. The lowest BCUT2D eigenvalue weighted by Crippen LogP contribution is -2.35. The van der Waals surface area contributed by atoms with Gasteiger partial charge in [-0.15, -0.1) is 0 Å². The monoisotopic (exact) mass is 467 g/mol. The number of alkyl halides is 3. The van der Waals surface area contributed by atoms with E-state index >= 15 is 0 Å². The van der Waals surface area contributed by atoms with Crippen molar-refractivity contribution in [3.8, 4) is 0 Å². The molecule has 0 aromatic heterocycles. The Labute approximate surface area is 191 Å². The SMILES string of the molecule is CCC1/C=C(/N=C2SCCN2C(=S)Nc2cccc(C(F)(F)F)c2)CCCC/C=C\C1. The summed E-state index contributed by atoms with van der Waals surface area (Å²) < 4.78 is 39.0. The maximum Gasteiger partial charge on any atom is 0.416 e. The predicted octanol–water partition coefficient (Wildman–Crippen LogP) is 7.24. The topological polar surface area (TPSA) is 27.6 Å². The van der Waals surface area contributed by atoms with Crippen LogP contribution in [0.15, 0.2) is 53.2 Å². The van der Waals surface area contributed by atoms with Crippen LogP contribution in [0.1, 0.15) is 51.0 Å². The molecule has 0 saturated carbocycles. The van der Waals surface area contributed by atoms with Crippen molar-refractivity contribution in [2.24, 2.45) is 10.9 Å². The number of hydrogen-bond donors (Lipinski definition) is 1. The Bertz CT molecular complexity index is 862. The molecular formula is C23H28F3N3S2. The smallest absolute Gasteiger partial charge is 0.332 e. The van der Waals surface area contributed by atoms with Crippen molar-refractivity contribution >= 4 is 39.9 Å². The van der Waals surface area contributed by atoms with Crippen LogP contribution in [0, 0.1) is 5.92 Å². The molecule has 0 radical (unpaired) electrons. The van der Waals surface area contributed by atoms with Gasteiger partial charge >= 0.3 is 6.18 Å². The number of amidine groups is 1. The fraction of sp³-hybridized carbons (Fsp3) is 0.478. The van der Waals surface area contributed by atoms with Crippen LogP contribution >= 0.6 is 24.0 Å². The Hall–Kier alpha value is -1.80. The molecule has 1 aromatic carbocycles. The Kier molecular flexibility index (Phi) is 8.60. The Morgan fingerprint density at radius 3 is 2.90 bits per heavy atom. The van der Waals surface area contributed by atoms with Gasteiger partial charge in [-0.1, -0.05) is 43.0 Å². The van der Waals surface area contributed by atoms with Crippen LogP contribution in [0.2, 0.25) is 0 Å². The fourth-order valence-corrected chi connectivity index (χ4v) is 4.86. The highest BCUT2D eigenvalue weighted by Gasteiger charge is 2.31. The first-order valence-electron chi connectivity index (χ1n) is 10.7. The first-order chi connectivity index (χ1) is 14.9. The average molecular weight is 468 g/mol. The molecule has 1 atom stereocenters. The highest BCUT2D eigenvalue weighted by Crippen LogP contribution is 2.31. The summed E-state index contributed by atoms with van der Waals surface area (Å²) in [5.41, 5.74) is 0.710. The number of nitrogens with zero attached hydrogens (tertiary/aromatic N) is 2. The van der Waals surface area contributed by atoms with Crippen molar-refractivity contribution < 1.29 is 13.2 Å². The largest absolute Gasteiger partial charge is 0.416 e. The van der Waals surface area contributed by atoms with Crippen molar-refractivity contribution in [2.75, 3.05) is 17.6 Å². The van der Waals surface area contributed by atoms with Crippen LogP contribution in [0.25, 0.3) is 0 Å². The number of allylic oxidation sites excluding steroid dienone is 4. The number of nitrogens with one attached hydrogen (secondary N) is 1. The van der Waals surface area contributed by atoms with Crippen LogP contribution in [-0.4, -0.2) is 27.5 Å². The molecule has 1 aromatic rings. The van der Waals surface area contributed by atoms with Crippen molar-refractivity contribution in [1.29, 1.82) is 0 Å². The van der Waals surface area contributed by atoms with E-state index in [9.17, 15) is 13.2 Å². The summed E-state index contributed by atoms with van der Waals surface area (Å²) in [6.45, 7) is 2.87. The molecule has 0 spiro atoms. The van der Waals surface area contributed by atoms with Crippen molar-refractivity contribution in [2.45, 2.75) is 51.6 Å². The average Bonchev–Trinajstić information content (AvgIpc) is 3.20. The summed E-state index contributed by atoms with van der Waals surface area (Å²) in [5, 5.41) is 4.15.